The predicted molar refractivity (Wildman–Crippen MR) is 140 cm³/mol. The first-order chi connectivity index (χ1) is 16.8. The molecule has 2 aliphatic carbocycles. The van der Waals surface area contributed by atoms with Crippen molar-refractivity contribution in [2.75, 3.05) is 14.2 Å². The fourth-order valence-electron chi connectivity index (χ4n) is 5.07. The fraction of sp³-hybridized carbons (Fsp3) is 0.0625. The Balaban J connectivity index is 1.68. The van der Waals surface area contributed by atoms with E-state index < -0.39 is 0 Å². The number of ether oxygens (including phenoxy) is 2. The molecule has 4 aromatic rings. The van der Waals surface area contributed by atoms with Crippen LogP contribution in [0.1, 0.15) is 27.8 Å². The molecule has 0 radical (unpaired) electrons. The summed E-state index contributed by atoms with van der Waals surface area (Å²) in [5.41, 5.74) is 12.5. The van der Waals surface area contributed by atoms with Crippen LogP contribution in [0.3, 0.4) is 0 Å². The van der Waals surface area contributed by atoms with Gasteiger partial charge in [0.15, 0.2) is 0 Å². The van der Waals surface area contributed by atoms with Crippen LogP contribution in [0.5, 0.6) is 11.5 Å². The average molecular weight is 441 g/mol. The average Bonchev–Trinajstić information content (AvgIpc) is 3.44. The SMILES string of the molecule is COc1ccc(C2=C(c3ccc(OC)cc3)C(c3ccccc3)=C3C2=Cc2ccccc23)cc1. The lowest BCUT2D eigenvalue weighted by molar-refractivity contribution is 0.414. The molecule has 6 rings (SSSR count). The molecule has 0 saturated heterocycles. The number of hydrogen-bond donors (Lipinski definition) is 0. The minimum absolute atomic E-state index is 0.854. The van der Waals surface area contributed by atoms with Gasteiger partial charge in [-0.3, -0.25) is 0 Å². The highest BCUT2D eigenvalue weighted by Crippen LogP contribution is 2.58. The molecule has 0 N–H and O–H groups in total. The second-order valence-electron chi connectivity index (χ2n) is 8.47. The maximum atomic E-state index is 5.45. The molecule has 2 aliphatic rings. The van der Waals surface area contributed by atoms with Crippen molar-refractivity contribution in [1.29, 1.82) is 0 Å². The van der Waals surface area contributed by atoms with Crippen molar-refractivity contribution in [3.8, 4) is 11.5 Å². The molecule has 0 fully saturated rings. The van der Waals surface area contributed by atoms with E-state index in [9.17, 15) is 0 Å². The van der Waals surface area contributed by atoms with Crippen LogP contribution in [0.2, 0.25) is 0 Å². The molecule has 4 aromatic carbocycles. The predicted octanol–water partition coefficient (Wildman–Crippen LogP) is 7.64. The number of benzene rings is 4. The molecular weight excluding hydrogens is 416 g/mol. The Morgan fingerprint density at radius 1 is 0.441 bits per heavy atom. The van der Waals surface area contributed by atoms with Gasteiger partial charge in [0.2, 0.25) is 0 Å². The molecule has 0 aromatic heterocycles. The van der Waals surface area contributed by atoms with Crippen LogP contribution in [-0.2, 0) is 0 Å². The second-order valence-corrected chi connectivity index (χ2v) is 8.47. The van der Waals surface area contributed by atoms with Crippen LogP contribution in [0, 0.1) is 0 Å². The first-order valence-electron chi connectivity index (χ1n) is 11.4. The van der Waals surface area contributed by atoms with Gasteiger partial charge in [-0.05, 0) is 86.0 Å². The molecule has 0 heterocycles. The monoisotopic (exact) mass is 440 g/mol. The van der Waals surface area contributed by atoms with Gasteiger partial charge < -0.3 is 9.47 Å². The van der Waals surface area contributed by atoms with Gasteiger partial charge in [-0.15, -0.1) is 0 Å². The minimum Gasteiger partial charge on any atom is -0.497 e. The largest absolute Gasteiger partial charge is 0.497 e. The summed E-state index contributed by atoms with van der Waals surface area (Å²) in [4.78, 5) is 0. The van der Waals surface area contributed by atoms with E-state index in [4.69, 9.17) is 9.47 Å². The molecule has 0 saturated carbocycles. The summed E-state index contributed by atoms with van der Waals surface area (Å²) in [7, 11) is 3.41. The molecular formula is C32H24O2. The molecule has 0 amide bonds. The number of methoxy groups -OCH3 is 2. The van der Waals surface area contributed by atoms with E-state index in [1.165, 1.54) is 55.7 Å². The van der Waals surface area contributed by atoms with E-state index in [0.717, 1.165) is 11.5 Å². The third-order valence-electron chi connectivity index (χ3n) is 6.64. The van der Waals surface area contributed by atoms with Crippen molar-refractivity contribution in [2.45, 2.75) is 0 Å². The summed E-state index contributed by atoms with van der Waals surface area (Å²) in [5, 5.41) is 0. The zero-order chi connectivity index (χ0) is 23.1. The van der Waals surface area contributed by atoms with E-state index in [-0.39, 0.29) is 0 Å². The summed E-state index contributed by atoms with van der Waals surface area (Å²) < 4.78 is 10.9. The summed E-state index contributed by atoms with van der Waals surface area (Å²) in [6.07, 6.45) is 2.34. The quantitative estimate of drug-likeness (QED) is 0.317. The second kappa shape index (κ2) is 8.24. The van der Waals surface area contributed by atoms with Gasteiger partial charge >= 0.3 is 0 Å². The van der Waals surface area contributed by atoms with Crippen LogP contribution >= 0.6 is 0 Å². The molecule has 34 heavy (non-hydrogen) atoms. The first-order valence-corrected chi connectivity index (χ1v) is 11.4. The zero-order valence-electron chi connectivity index (χ0n) is 19.2. The summed E-state index contributed by atoms with van der Waals surface area (Å²) >= 11 is 0. The molecule has 164 valence electrons. The molecule has 0 bridgehead atoms. The summed E-state index contributed by atoms with van der Waals surface area (Å²) in [5.74, 6) is 1.71. The Kier molecular flexibility index (Phi) is 4.92. The fourth-order valence-corrected chi connectivity index (χ4v) is 5.07. The Bertz CT molecular complexity index is 1470. The first kappa shape index (κ1) is 20.3. The Labute approximate surface area is 200 Å². The van der Waals surface area contributed by atoms with Crippen molar-refractivity contribution in [1.82, 2.24) is 0 Å². The summed E-state index contributed by atoms with van der Waals surface area (Å²) in [6, 6.07) is 36.2. The number of allylic oxidation sites excluding steroid dienone is 5. The van der Waals surface area contributed by atoms with Crippen molar-refractivity contribution in [3.63, 3.8) is 0 Å². The number of hydrogen-bond acceptors (Lipinski definition) is 2. The van der Waals surface area contributed by atoms with Gasteiger partial charge in [-0.1, -0.05) is 78.9 Å². The standard InChI is InChI=1S/C32H24O2/c1-33-25-16-12-22(13-17-25)29-28-20-24-10-6-7-11-27(24)32(28)31(21-8-4-3-5-9-21)30(29)23-14-18-26(34-2)19-15-23/h3-20H,1-2H3. The third-order valence-corrected chi connectivity index (χ3v) is 6.64. The molecule has 2 nitrogen and oxygen atoms in total. The van der Waals surface area contributed by atoms with Crippen molar-refractivity contribution in [3.05, 3.63) is 137 Å². The van der Waals surface area contributed by atoms with Crippen molar-refractivity contribution < 1.29 is 9.47 Å². The summed E-state index contributed by atoms with van der Waals surface area (Å²) in [6.45, 7) is 0. The lowest BCUT2D eigenvalue weighted by Crippen LogP contribution is -1.94. The van der Waals surface area contributed by atoms with E-state index in [1.807, 2.05) is 24.3 Å². The van der Waals surface area contributed by atoms with Crippen LogP contribution < -0.4 is 9.47 Å². The minimum atomic E-state index is 0.854. The van der Waals surface area contributed by atoms with Crippen molar-refractivity contribution in [2.24, 2.45) is 0 Å². The van der Waals surface area contributed by atoms with Gasteiger partial charge in [-0.25, -0.2) is 0 Å². The highest BCUT2D eigenvalue weighted by molar-refractivity contribution is 6.37. The van der Waals surface area contributed by atoms with Gasteiger partial charge in [0.25, 0.3) is 0 Å². The van der Waals surface area contributed by atoms with Gasteiger partial charge in [-0.2, -0.15) is 0 Å². The van der Waals surface area contributed by atoms with Crippen molar-refractivity contribution >= 4 is 28.4 Å². The maximum Gasteiger partial charge on any atom is 0.118 e. The van der Waals surface area contributed by atoms with Crippen LogP contribution in [0.4, 0.5) is 0 Å². The van der Waals surface area contributed by atoms with E-state index in [2.05, 4.69) is 84.9 Å². The lowest BCUT2D eigenvalue weighted by atomic mass is 9.88. The topological polar surface area (TPSA) is 18.5 Å². The normalized spacial score (nSPS) is 14.1. The van der Waals surface area contributed by atoms with E-state index in [0.29, 0.717) is 0 Å². The highest BCUT2D eigenvalue weighted by Gasteiger charge is 2.35. The van der Waals surface area contributed by atoms with Crippen LogP contribution in [0.15, 0.2) is 109 Å². The highest BCUT2D eigenvalue weighted by atomic mass is 16.5. The maximum absolute atomic E-state index is 5.45. The molecule has 2 heteroatoms. The Morgan fingerprint density at radius 3 is 1.56 bits per heavy atom. The molecule has 0 aliphatic heterocycles. The Hall–Kier alpha value is -4.30. The Morgan fingerprint density at radius 2 is 0.941 bits per heavy atom. The van der Waals surface area contributed by atoms with E-state index in [1.54, 1.807) is 14.2 Å². The molecule has 0 unspecified atom stereocenters. The van der Waals surface area contributed by atoms with Gasteiger partial charge in [0.1, 0.15) is 11.5 Å². The smallest absolute Gasteiger partial charge is 0.118 e. The van der Waals surface area contributed by atoms with Gasteiger partial charge in [0.05, 0.1) is 14.2 Å². The zero-order valence-corrected chi connectivity index (χ0v) is 19.2. The molecule has 0 spiro atoms. The number of fused-ring (bicyclic) bond motifs is 3. The number of rotatable bonds is 5. The van der Waals surface area contributed by atoms with Gasteiger partial charge in [0, 0.05) is 0 Å². The molecule has 0 atom stereocenters. The third kappa shape index (κ3) is 3.19. The van der Waals surface area contributed by atoms with Crippen LogP contribution in [0.25, 0.3) is 28.4 Å². The lowest BCUT2D eigenvalue weighted by Gasteiger charge is -2.15. The van der Waals surface area contributed by atoms with Crippen LogP contribution in [-0.4, -0.2) is 14.2 Å². The van der Waals surface area contributed by atoms with E-state index >= 15 is 0 Å².